The molecule has 50 heavy (non-hydrogen) atoms. The van der Waals surface area contributed by atoms with Crippen LogP contribution < -0.4 is 5.73 Å². The van der Waals surface area contributed by atoms with E-state index in [-0.39, 0.29) is 18.8 Å². The summed E-state index contributed by atoms with van der Waals surface area (Å²) < 4.78 is 37.0. The summed E-state index contributed by atoms with van der Waals surface area (Å²) in [6.45, 7) is 14.9. The lowest BCUT2D eigenvalue weighted by Gasteiger charge is -2.68. The average Bonchev–Trinajstić information content (AvgIpc) is 3.91. The minimum atomic E-state index is -2.06. The van der Waals surface area contributed by atoms with Crippen LogP contribution in [0.3, 0.4) is 0 Å². The Morgan fingerprint density at radius 3 is 2.22 bits per heavy atom. The van der Waals surface area contributed by atoms with Crippen LogP contribution in [0, 0.1) is 57.7 Å². The fraction of sp³-hybridized carbons (Fsp3) is 0.889. The predicted octanol–water partition coefficient (Wildman–Crippen LogP) is 0.591. The van der Waals surface area contributed by atoms with E-state index in [1.807, 2.05) is 20.8 Å². The van der Waals surface area contributed by atoms with E-state index in [0.29, 0.717) is 0 Å². The molecule has 8 aliphatic rings. The molecule has 0 aromatic carbocycles. The summed E-state index contributed by atoms with van der Waals surface area (Å²) in [6.07, 6.45) is -5.50. The molecule has 0 aromatic rings. The summed E-state index contributed by atoms with van der Waals surface area (Å²) in [5, 5.41) is 37.2. The van der Waals surface area contributed by atoms with Gasteiger partial charge in [-0.3, -0.25) is 14.4 Å². The number of ether oxygens (including phenoxy) is 6. The molecule has 0 amide bonds. The molecule has 5 N–H and O–H groups in total. The van der Waals surface area contributed by atoms with E-state index in [4.69, 9.17) is 34.2 Å². The second kappa shape index (κ2) is 9.98. The first-order chi connectivity index (χ1) is 23.1. The number of fused-ring (bicyclic) bond motifs is 9. The number of esters is 4. The topological polar surface area (TPSA) is 217 Å². The largest absolute Gasteiger partial charge is 0.462 e. The van der Waals surface area contributed by atoms with Gasteiger partial charge in [0.1, 0.15) is 30.5 Å². The SMILES string of the molecule is CC(=O)O[C@H]1[C@@H]2[C@H]([C@H](C)[C@H]3O[C@]34OC(=O)[C@@](C)(O)[C@]24C)[C@@]2(C)[C@@H](OC(C)=O)CC3C([C@@H](O)[C@@H](N)[C@@]4(O)C[C@@H]5O[C@@H]5[C@H](OC(=O)C(C)C)[C@]34C)[C@H]12. The molecule has 5 aliphatic carbocycles. The van der Waals surface area contributed by atoms with Crippen LogP contribution in [0.4, 0.5) is 0 Å². The summed E-state index contributed by atoms with van der Waals surface area (Å²) in [7, 11) is 0. The zero-order valence-corrected chi connectivity index (χ0v) is 30.1. The Labute approximate surface area is 291 Å². The number of hydrogen-bond donors (Lipinski definition) is 4. The van der Waals surface area contributed by atoms with E-state index < -0.39 is 141 Å². The van der Waals surface area contributed by atoms with Crippen molar-refractivity contribution < 1.29 is 62.9 Å². The third-order valence-electron chi connectivity index (χ3n) is 15.6. The van der Waals surface area contributed by atoms with Gasteiger partial charge < -0.3 is 49.5 Å². The maximum atomic E-state index is 13.4. The minimum Gasteiger partial charge on any atom is -0.462 e. The average molecular weight is 706 g/mol. The summed E-state index contributed by atoms with van der Waals surface area (Å²) in [5.41, 5.74) is -0.668. The first-order valence-electron chi connectivity index (χ1n) is 18.1. The Hall–Kier alpha value is -2.36. The van der Waals surface area contributed by atoms with Crippen molar-refractivity contribution in [1.82, 2.24) is 0 Å². The number of carbonyl (C=O) groups is 4. The van der Waals surface area contributed by atoms with E-state index in [2.05, 4.69) is 0 Å². The lowest BCUT2D eigenvalue weighted by atomic mass is 9.40. The molecule has 5 saturated carbocycles. The summed E-state index contributed by atoms with van der Waals surface area (Å²) >= 11 is 0. The van der Waals surface area contributed by atoms with E-state index >= 15 is 0 Å². The van der Waals surface area contributed by atoms with Crippen molar-refractivity contribution in [3.05, 3.63) is 0 Å². The Morgan fingerprint density at radius 2 is 1.62 bits per heavy atom. The lowest BCUT2D eigenvalue weighted by Crippen LogP contribution is -2.80. The predicted molar refractivity (Wildman–Crippen MR) is 168 cm³/mol. The summed E-state index contributed by atoms with van der Waals surface area (Å²) in [5.74, 6) is -8.30. The van der Waals surface area contributed by atoms with E-state index in [1.165, 1.54) is 20.8 Å². The highest BCUT2D eigenvalue weighted by Crippen LogP contribution is 2.81. The van der Waals surface area contributed by atoms with Gasteiger partial charge in [-0.05, 0) is 43.9 Å². The Morgan fingerprint density at radius 1 is 0.980 bits per heavy atom. The smallest absolute Gasteiger partial charge is 0.341 e. The van der Waals surface area contributed by atoms with Crippen LogP contribution in [-0.4, -0.2) is 105 Å². The number of hydrogen-bond acceptors (Lipinski definition) is 14. The molecule has 8 rings (SSSR count). The normalized spacial score (nSPS) is 59.3. The Kier molecular flexibility index (Phi) is 6.93. The second-order valence-corrected chi connectivity index (χ2v) is 17.8. The number of rotatable bonds is 4. The molecule has 20 atom stereocenters. The molecule has 278 valence electrons. The van der Waals surface area contributed by atoms with Crippen LogP contribution in [0.15, 0.2) is 0 Å². The number of aliphatic hydroxyl groups is 3. The zero-order valence-electron chi connectivity index (χ0n) is 30.1. The molecule has 14 heteroatoms. The maximum absolute atomic E-state index is 13.4. The van der Waals surface area contributed by atoms with Crippen molar-refractivity contribution in [2.24, 2.45) is 63.4 Å². The zero-order chi connectivity index (χ0) is 36.6. The van der Waals surface area contributed by atoms with Crippen molar-refractivity contribution in [2.45, 2.75) is 141 Å². The quantitative estimate of drug-likeness (QED) is 0.179. The van der Waals surface area contributed by atoms with Crippen LogP contribution in [0.1, 0.15) is 75.2 Å². The molecule has 14 nitrogen and oxygen atoms in total. The fourth-order valence-corrected chi connectivity index (χ4v) is 13.2. The molecule has 3 aliphatic heterocycles. The highest BCUT2D eigenvalue weighted by molar-refractivity contribution is 5.84. The van der Waals surface area contributed by atoms with Gasteiger partial charge in [0.05, 0.1) is 35.2 Å². The van der Waals surface area contributed by atoms with Crippen molar-refractivity contribution in [2.75, 3.05) is 0 Å². The van der Waals surface area contributed by atoms with E-state index in [0.717, 1.165) is 0 Å². The standard InChI is InChI=1S/C36H51NO13/c1-12(2)29(41)48-28-24-17(47-24)11-35(44)26(37)23(40)19-16(32(28,35)7)10-18(45-14(4)38)31(6)20-13(3)27-36(49-27)33(8,34(9,43)30(42)50-36)22(20)25(21(19)31)46-15(5)39/h12-13,16-28,40,43-44H,10-11,37H2,1-9H3/t13-,16?,17-,18-,19?,20-,21+,22-,23+,24-,25+,26+,27+,28-,31+,32-,33-,34+,35-,36-/m0/s1. The molecule has 3 heterocycles. The van der Waals surface area contributed by atoms with Gasteiger partial charge >= 0.3 is 23.9 Å². The van der Waals surface area contributed by atoms with Crippen LogP contribution in [0.25, 0.3) is 0 Å². The van der Waals surface area contributed by atoms with Gasteiger partial charge in [-0.15, -0.1) is 0 Å². The number of aliphatic hydroxyl groups excluding tert-OH is 1. The Balaban J connectivity index is 1.36. The monoisotopic (exact) mass is 705 g/mol. The number of carbonyl (C=O) groups excluding carboxylic acids is 4. The van der Waals surface area contributed by atoms with Gasteiger partial charge in [-0.1, -0.05) is 34.6 Å². The third-order valence-corrected chi connectivity index (χ3v) is 15.6. The van der Waals surface area contributed by atoms with Crippen LogP contribution in [0.5, 0.6) is 0 Å². The second-order valence-electron chi connectivity index (χ2n) is 17.8. The first-order valence-corrected chi connectivity index (χ1v) is 18.1. The van der Waals surface area contributed by atoms with Crippen molar-refractivity contribution in [1.29, 1.82) is 0 Å². The van der Waals surface area contributed by atoms with Crippen molar-refractivity contribution >= 4 is 23.9 Å². The maximum Gasteiger partial charge on any atom is 0.341 e. The van der Waals surface area contributed by atoms with Crippen molar-refractivity contribution in [3.63, 3.8) is 0 Å². The molecule has 8 fully saturated rings. The van der Waals surface area contributed by atoms with Crippen LogP contribution in [-0.2, 0) is 47.6 Å². The highest BCUT2D eigenvalue weighted by Gasteiger charge is 2.93. The lowest BCUT2D eigenvalue weighted by molar-refractivity contribution is -0.292. The third kappa shape index (κ3) is 3.66. The van der Waals surface area contributed by atoms with Gasteiger partial charge in [0.25, 0.3) is 0 Å². The van der Waals surface area contributed by atoms with Gasteiger partial charge in [-0.2, -0.15) is 0 Å². The Bertz CT molecular complexity index is 1570. The van der Waals surface area contributed by atoms with Crippen LogP contribution >= 0.6 is 0 Å². The molecule has 1 spiro atoms. The number of epoxide rings is 2. The summed E-state index contributed by atoms with van der Waals surface area (Å²) in [4.78, 5) is 52.8. The van der Waals surface area contributed by atoms with Gasteiger partial charge in [0.15, 0.2) is 5.60 Å². The highest BCUT2D eigenvalue weighted by atomic mass is 16.8. The van der Waals surface area contributed by atoms with Crippen LogP contribution in [0.2, 0.25) is 0 Å². The molecular formula is C36H51NO13. The van der Waals surface area contributed by atoms with E-state index in [1.54, 1.807) is 20.8 Å². The molecule has 3 saturated heterocycles. The first kappa shape index (κ1) is 34.7. The van der Waals surface area contributed by atoms with E-state index in [9.17, 15) is 34.5 Å². The molecular weight excluding hydrogens is 654 g/mol. The molecule has 0 radical (unpaired) electrons. The molecule has 0 aromatic heterocycles. The van der Waals surface area contributed by atoms with Gasteiger partial charge in [-0.25, -0.2) is 4.79 Å². The van der Waals surface area contributed by atoms with Gasteiger partial charge in [0.2, 0.25) is 5.79 Å². The fourth-order valence-electron chi connectivity index (χ4n) is 13.2. The van der Waals surface area contributed by atoms with Gasteiger partial charge in [0, 0.05) is 42.9 Å². The number of nitrogens with two attached hydrogens (primary N) is 1. The molecule has 2 unspecified atom stereocenters. The minimum absolute atomic E-state index is 0.100. The molecule has 0 bridgehead atoms. The van der Waals surface area contributed by atoms with Crippen molar-refractivity contribution in [3.8, 4) is 0 Å². The summed E-state index contributed by atoms with van der Waals surface area (Å²) in [6, 6.07) is -1.23.